The maximum atomic E-state index is 10.4. The molecule has 76 valence electrons. The Morgan fingerprint density at radius 1 is 1.23 bits per heavy atom. The summed E-state index contributed by atoms with van der Waals surface area (Å²) in [5.41, 5.74) is 0. The summed E-state index contributed by atoms with van der Waals surface area (Å²) in [7, 11) is -2.28. The van der Waals surface area contributed by atoms with Crippen LogP contribution in [0.5, 0.6) is 0 Å². The average Bonchev–Trinajstić information content (AvgIpc) is 1.96. The van der Waals surface area contributed by atoms with Gasteiger partial charge in [0.2, 0.25) is 0 Å². The van der Waals surface area contributed by atoms with E-state index in [0.29, 0.717) is 0 Å². The number of rotatable bonds is 6. The van der Waals surface area contributed by atoms with Crippen LogP contribution in [0.4, 0.5) is 0 Å². The molecule has 0 saturated carbocycles. The lowest BCUT2D eigenvalue weighted by Crippen LogP contribution is -2.18. The van der Waals surface area contributed by atoms with Crippen molar-refractivity contribution < 1.29 is 29.6 Å². The van der Waals surface area contributed by atoms with Crippen molar-refractivity contribution in [3.63, 3.8) is 0 Å². The van der Waals surface area contributed by atoms with Gasteiger partial charge in [-0.2, -0.15) is 0 Å². The van der Waals surface area contributed by atoms with Gasteiger partial charge in [0.15, 0.2) is 8.38 Å². The summed E-state index contributed by atoms with van der Waals surface area (Å²) in [6, 6.07) is 0. The van der Waals surface area contributed by atoms with E-state index in [1.165, 1.54) is 0 Å². The quantitative estimate of drug-likeness (QED) is 0.453. The Kier molecular flexibility index (Phi) is 5.53. The first-order chi connectivity index (χ1) is 5.93. The number of carboxylic acids is 2. The summed E-state index contributed by atoms with van der Waals surface area (Å²) >= 11 is 0. The lowest BCUT2D eigenvalue weighted by atomic mass is 10.1. The fraction of sp³-hybridized carbons (Fsp3) is 0.667. The van der Waals surface area contributed by atoms with Crippen LogP contribution < -0.4 is 0 Å². The smallest absolute Gasteiger partial charge is 0.307 e. The molecule has 0 heterocycles. The molecule has 13 heavy (non-hydrogen) atoms. The molecule has 6 nitrogen and oxygen atoms in total. The molecule has 4 N–H and O–H groups in total. The van der Waals surface area contributed by atoms with Crippen LogP contribution in [-0.2, 0) is 9.59 Å². The van der Waals surface area contributed by atoms with Crippen molar-refractivity contribution in [3.8, 4) is 0 Å². The van der Waals surface area contributed by atoms with E-state index in [1.807, 2.05) is 0 Å². The molecular weight excluding hydrogens is 199 g/mol. The molecule has 0 rings (SSSR count). The van der Waals surface area contributed by atoms with Crippen LogP contribution in [-0.4, -0.2) is 38.1 Å². The molecule has 0 aromatic heterocycles. The Labute approximate surface area is 75.7 Å². The third kappa shape index (κ3) is 6.45. The predicted octanol–water partition coefficient (Wildman–Crippen LogP) is -0.152. The van der Waals surface area contributed by atoms with Crippen molar-refractivity contribution in [1.29, 1.82) is 0 Å². The summed E-state index contributed by atoms with van der Waals surface area (Å²) in [6.45, 7) is 0. The number of carboxylic acid groups (broad SMARTS) is 2. The van der Waals surface area contributed by atoms with Crippen LogP contribution in [0.25, 0.3) is 0 Å². The van der Waals surface area contributed by atoms with Crippen LogP contribution in [0.1, 0.15) is 12.8 Å². The van der Waals surface area contributed by atoms with Crippen LogP contribution in [0, 0.1) is 5.92 Å². The first-order valence-electron chi connectivity index (χ1n) is 3.53. The second-order valence-corrected chi connectivity index (χ2v) is 3.63. The first-order valence-corrected chi connectivity index (χ1v) is 4.96. The zero-order chi connectivity index (χ0) is 10.4. The number of hydrogen-bond donors (Lipinski definition) is 4. The first kappa shape index (κ1) is 12.3. The third-order valence-corrected chi connectivity index (χ3v) is 2.21. The fourth-order valence-electron chi connectivity index (χ4n) is 0.788. The van der Waals surface area contributed by atoms with E-state index in [9.17, 15) is 9.59 Å². The molecule has 1 unspecified atom stereocenters. The van der Waals surface area contributed by atoms with E-state index >= 15 is 0 Å². The molecule has 0 radical (unpaired) electrons. The van der Waals surface area contributed by atoms with Gasteiger partial charge < -0.3 is 20.0 Å². The topological polar surface area (TPSA) is 115 Å². The van der Waals surface area contributed by atoms with E-state index in [-0.39, 0.29) is 19.0 Å². The maximum absolute atomic E-state index is 10.4. The molecule has 0 saturated heterocycles. The Morgan fingerprint density at radius 2 is 1.77 bits per heavy atom. The van der Waals surface area contributed by atoms with E-state index in [1.54, 1.807) is 0 Å². The van der Waals surface area contributed by atoms with Crippen molar-refractivity contribution in [2.75, 3.05) is 6.16 Å². The van der Waals surface area contributed by atoms with Gasteiger partial charge in [-0.1, -0.05) is 0 Å². The van der Waals surface area contributed by atoms with Crippen molar-refractivity contribution >= 4 is 20.3 Å². The molecular formula is C6H11O6P. The number of carbonyl (C=O) groups is 2. The van der Waals surface area contributed by atoms with Gasteiger partial charge in [0.1, 0.15) is 0 Å². The van der Waals surface area contributed by atoms with E-state index in [4.69, 9.17) is 20.0 Å². The van der Waals surface area contributed by atoms with Crippen LogP contribution in [0.3, 0.4) is 0 Å². The molecule has 0 spiro atoms. The Hall–Kier alpha value is -0.710. The second kappa shape index (κ2) is 5.85. The molecule has 0 aliphatic carbocycles. The zero-order valence-corrected chi connectivity index (χ0v) is 7.65. The lowest BCUT2D eigenvalue weighted by molar-refractivity contribution is -0.142. The van der Waals surface area contributed by atoms with Gasteiger partial charge in [0.25, 0.3) is 0 Å². The zero-order valence-electron chi connectivity index (χ0n) is 6.75. The molecule has 0 aromatic carbocycles. The van der Waals surface area contributed by atoms with Gasteiger partial charge in [-0.05, 0) is 6.42 Å². The lowest BCUT2D eigenvalue weighted by Gasteiger charge is -2.10. The van der Waals surface area contributed by atoms with Gasteiger partial charge in [0.05, 0.1) is 5.92 Å². The average molecular weight is 210 g/mol. The van der Waals surface area contributed by atoms with Crippen molar-refractivity contribution in [2.45, 2.75) is 12.8 Å². The van der Waals surface area contributed by atoms with Gasteiger partial charge in [-0.15, -0.1) is 0 Å². The minimum absolute atomic E-state index is 0.0787. The SMILES string of the molecule is O=C(O)CCC(CP(O)O)C(=O)O. The normalized spacial score (nSPS) is 12.8. The van der Waals surface area contributed by atoms with Gasteiger partial charge in [-0.3, -0.25) is 9.59 Å². The van der Waals surface area contributed by atoms with Crippen LogP contribution >= 0.6 is 8.38 Å². The molecule has 0 aliphatic heterocycles. The third-order valence-electron chi connectivity index (χ3n) is 1.44. The highest BCUT2D eigenvalue weighted by molar-refractivity contribution is 7.45. The molecule has 7 heteroatoms. The largest absolute Gasteiger partial charge is 0.481 e. The molecule has 0 amide bonds. The molecule has 0 aromatic rings. The Bertz CT molecular complexity index is 192. The number of hydrogen-bond acceptors (Lipinski definition) is 4. The van der Waals surface area contributed by atoms with Crippen molar-refractivity contribution in [3.05, 3.63) is 0 Å². The maximum Gasteiger partial charge on any atom is 0.307 e. The number of aliphatic carboxylic acids is 2. The summed E-state index contributed by atoms with van der Waals surface area (Å²) in [5.74, 6) is -3.28. The van der Waals surface area contributed by atoms with E-state index in [0.717, 1.165) is 0 Å². The van der Waals surface area contributed by atoms with Crippen molar-refractivity contribution in [1.82, 2.24) is 0 Å². The van der Waals surface area contributed by atoms with Crippen molar-refractivity contribution in [2.24, 2.45) is 5.92 Å². The highest BCUT2D eigenvalue weighted by Crippen LogP contribution is 2.28. The molecule has 0 aliphatic rings. The van der Waals surface area contributed by atoms with Gasteiger partial charge in [-0.25, -0.2) is 0 Å². The Morgan fingerprint density at radius 3 is 2.08 bits per heavy atom. The monoisotopic (exact) mass is 210 g/mol. The van der Waals surface area contributed by atoms with Gasteiger partial charge >= 0.3 is 11.9 Å². The highest BCUT2D eigenvalue weighted by atomic mass is 31.2. The summed E-state index contributed by atoms with van der Waals surface area (Å²) in [4.78, 5) is 37.6. The summed E-state index contributed by atoms with van der Waals surface area (Å²) in [6.07, 6.45) is -0.636. The fourth-order valence-corrected chi connectivity index (χ4v) is 1.52. The van der Waals surface area contributed by atoms with E-state index < -0.39 is 26.2 Å². The van der Waals surface area contributed by atoms with Crippen LogP contribution in [0.15, 0.2) is 0 Å². The summed E-state index contributed by atoms with van der Waals surface area (Å²) in [5, 5.41) is 16.8. The standard InChI is InChI=1S/C6H11O6P/c7-5(8)2-1-4(6(9)10)3-13(11)12/h4,11-12H,1-3H2,(H,7,8)(H,9,10). The second-order valence-electron chi connectivity index (χ2n) is 2.52. The molecule has 0 bridgehead atoms. The Balaban J connectivity index is 3.95. The minimum atomic E-state index is -2.28. The molecule has 0 fully saturated rings. The van der Waals surface area contributed by atoms with Crippen LogP contribution in [0.2, 0.25) is 0 Å². The highest BCUT2D eigenvalue weighted by Gasteiger charge is 2.21. The summed E-state index contributed by atoms with van der Waals surface area (Å²) < 4.78 is 0. The molecule has 1 atom stereocenters. The van der Waals surface area contributed by atoms with E-state index in [2.05, 4.69) is 0 Å². The van der Waals surface area contributed by atoms with Gasteiger partial charge in [0, 0.05) is 12.6 Å². The minimum Gasteiger partial charge on any atom is -0.481 e. The predicted molar refractivity (Wildman–Crippen MR) is 44.2 cm³/mol.